The van der Waals surface area contributed by atoms with Crippen LogP contribution in [0.1, 0.15) is 0 Å². The van der Waals surface area contributed by atoms with Gasteiger partial charge in [-0.3, -0.25) is 4.57 Å². The van der Waals surface area contributed by atoms with Crippen LogP contribution in [0, 0.1) is 0 Å². The minimum Gasteiger partial charge on any atom is -0.456 e. The topological polar surface area (TPSA) is 57.0 Å². The molecule has 0 radical (unpaired) electrons. The highest BCUT2D eigenvalue weighted by atomic mass is 16.3. The Morgan fingerprint density at radius 1 is 0.513 bits per heavy atom. The predicted octanol–water partition coefficient (Wildman–Crippen LogP) is 9.04. The lowest BCUT2D eigenvalue weighted by molar-refractivity contribution is 0.662. The average Bonchev–Trinajstić information content (AvgIpc) is 3.66. The lowest BCUT2D eigenvalue weighted by atomic mass is 10.1. The van der Waals surface area contributed by atoms with Crippen LogP contribution in [-0.2, 0) is 0 Å². The summed E-state index contributed by atoms with van der Waals surface area (Å²) in [6, 6.07) is 39.0. The Morgan fingerprint density at radius 3 is 2.05 bits per heavy atom. The summed E-state index contributed by atoms with van der Waals surface area (Å²) in [5.74, 6) is 1.36. The van der Waals surface area contributed by atoms with Gasteiger partial charge in [0.25, 0.3) is 0 Å². The maximum atomic E-state index is 6.51. The van der Waals surface area contributed by atoms with Crippen molar-refractivity contribution in [2.75, 3.05) is 0 Å². The summed E-state index contributed by atoms with van der Waals surface area (Å²) >= 11 is 0. The number of para-hydroxylation sites is 3. The van der Waals surface area contributed by atoms with Crippen molar-refractivity contribution in [3.63, 3.8) is 0 Å². The van der Waals surface area contributed by atoms with Gasteiger partial charge in [-0.2, -0.15) is 0 Å². The minimum atomic E-state index is 0.653. The molecule has 5 heteroatoms. The number of rotatable bonds is 2. The first kappa shape index (κ1) is 20.6. The monoisotopic (exact) mass is 501 g/mol. The van der Waals surface area contributed by atoms with Gasteiger partial charge in [0.15, 0.2) is 17.2 Å². The second-order valence-electron chi connectivity index (χ2n) is 9.80. The zero-order valence-corrected chi connectivity index (χ0v) is 20.6. The summed E-state index contributed by atoms with van der Waals surface area (Å²) in [5.41, 5.74) is 6.97. The Bertz CT molecular complexity index is 2390. The second kappa shape index (κ2) is 7.55. The Balaban J connectivity index is 1.54. The lowest BCUT2D eigenvalue weighted by Crippen LogP contribution is -2.02. The van der Waals surface area contributed by atoms with Crippen LogP contribution < -0.4 is 0 Å². The van der Waals surface area contributed by atoms with Gasteiger partial charge in [-0.05, 0) is 36.4 Å². The van der Waals surface area contributed by atoms with Crippen LogP contribution in [0.25, 0.3) is 83.0 Å². The molecule has 0 aliphatic carbocycles. The molecule has 9 aromatic rings. The van der Waals surface area contributed by atoms with E-state index < -0.39 is 0 Å². The maximum absolute atomic E-state index is 6.51. The Hall–Kier alpha value is -5.42. The van der Waals surface area contributed by atoms with Crippen LogP contribution in [0.5, 0.6) is 0 Å². The number of furan rings is 2. The molecular formula is C34H19N3O2. The van der Waals surface area contributed by atoms with Crippen molar-refractivity contribution in [3.8, 4) is 17.2 Å². The SMILES string of the molecule is c1ccc(-c2nc(-n3c4ccccc4c4ccc5oc6ccccc6c5c43)c3oc4ccccc4c3n2)cc1. The largest absolute Gasteiger partial charge is 0.456 e. The fourth-order valence-corrected chi connectivity index (χ4v) is 5.93. The molecule has 0 aliphatic rings. The third-order valence-corrected chi connectivity index (χ3v) is 7.62. The highest BCUT2D eigenvalue weighted by Crippen LogP contribution is 2.42. The molecule has 0 spiro atoms. The number of hydrogen-bond donors (Lipinski definition) is 0. The fraction of sp³-hybridized carbons (Fsp3) is 0. The first-order chi connectivity index (χ1) is 19.3. The van der Waals surface area contributed by atoms with Gasteiger partial charge in [0.2, 0.25) is 0 Å². The van der Waals surface area contributed by atoms with Crippen molar-refractivity contribution in [1.82, 2.24) is 14.5 Å². The van der Waals surface area contributed by atoms with E-state index in [9.17, 15) is 0 Å². The molecule has 39 heavy (non-hydrogen) atoms. The first-order valence-electron chi connectivity index (χ1n) is 12.9. The van der Waals surface area contributed by atoms with Crippen LogP contribution in [0.15, 0.2) is 124 Å². The molecule has 5 aromatic carbocycles. The van der Waals surface area contributed by atoms with Crippen LogP contribution in [0.4, 0.5) is 0 Å². The molecule has 0 unspecified atom stereocenters. The summed E-state index contributed by atoms with van der Waals surface area (Å²) in [7, 11) is 0. The number of nitrogens with zero attached hydrogens (tertiary/aromatic N) is 3. The zero-order chi connectivity index (χ0) is 25.5. The Morgan fingerprint density at radius 2 is 1.21 bits per heavy atom. The van der Waals surface area contributed by atoms with Crippen LogP contribution in [0.3, 0.4) is 0 Å². The Kier molecular flexibility index (Phi) is 3.99. The molecule has 9 rings (SSSR count). The van der Waals surface area contributed by atoms with E-state index in [-0.39, 0.29) is 0 Å². The third kappa shape index (κ3) is 2.79. The fourth-order valence-electron chi connectivity index (χ4n) is 5.93. The van der Waals surface area contributed by atoms with Gasteiger partial charge in [0, 0.05) is 27.1 Å². The minimum absolute atomic E-state index is 0.653. The molecule has 0 amide bonds. The van der Waals surface area contributed by atoms with Gasteiger partial charge in [-0.25, -0.2) is 9.97 Å². The molecule has 0 fully saturated rings. The number of benzene rings is 5. The molecule has 0 aliphatic heterocycles. The standard InChI is InChI=1S/C34H19N3O2/c1-2-10-20(11-3-1)33-35-30-24-14-6-9-17-27(24)39-32(30)34(36-33)37-25-15-7-4-12-21(25)22-18-19-28-29(31(22)37)23-13-5-8-16-26(23)38-28/h1-19H. The molecule has 182 valence electrons. The molecule has 0 bridgehead atoms. The predicted molar refractivity (Wildman–Crippen MR) is 156 cm³/mol. The van der Waals surface area contributed by atoms with E-state index in [2.05, 4.69) is 59.2 Å². The van der Waals surface area contributed by atoms with Gasteiger partial charge in [0.05, 0.1) is 16.4 Å². The summed E-state index contributed by atoms with van der Waals surface area (Å²) in [5, 5.41) is 5.37. The third-order valence-electron chi connectivity index (χ3n) is 7.62. The van der Waals surface area contributed by atoms with Crippen LogP contribution >= 0.6 is 0 Å². The van der Waals surface area contributed by atoms with Crippen LogP contribution in [0.2, 0.25) is 0 Å². The molecule has 0 saturated heterocycles. The van der Waals surface area contributed by atoms with Crippen molar-refractivity contribution in [3.05, 3.63) is 115 Å². The van der Waals surface area contributed by atoms with Crippen molar-refractivity contribution in [2.45, 2.75) is 0 Å². The molecule has 0 N–H and O–H groups in total. The van der Waals surface area contributed by atoms with Gasteiger partial charge in [-0.15, -0.1) is 0 Å². The van der Waals surface area contributed by atoms with E-state index in [4.69, 9.17) is 18.8 Å². The van der Waals surface area contributed by atoms with E-state index in [0.717, 1.165) is 65.8 Å². The van der Waals surface area contributed by atoms with Gasteiger partial charge in [0.1, 0.15) is 22.3 Å². The van der Waals surface area contributed by atoms with E-state index in [1.165, 1.54) is 0 Å². The Labute approximate surface area is 221 Å². The lowest BCUT2D eigenvalue weighted by Gasteiger charge is -2.10. The molecule has 0 atom stereocenters. The summed E-state index contributed by atoms with van der Waals surface area (Å²) in [4.78, 5) is 10.2. The van der Waals surface area contributed by atoms with E-state index >= 15 is 0 Å². The van der Waals surface area contributed by atoms with Gasteiger partial charge in [-0.1, -0.05) is 78.9 Å². The molecular weight excluding hydrogens is 482 g/mol. The number of fused-ring (bicyclic) bond motifs is 10. The van der Waals surface area contributed by atoms with Crippen molar-refractivity contribution < 1.29 is 8.83 Å². The zero-order valence-electron chi connectivity index (χ0n) is 20.6. The van der Waals surface area contributed by atoms with Gasteiger partial charge >= 0.3 is 0 Å². The summed E-state index contributed by atoms with van der Waals surface area (Å²) in [6.07, 6.45) is 0. The highest BCUT2D eigenvalue weighted by Gasteiger charge is 2.24. The first-order valence-corrected chi connectivity index (χ1v) is 12.9. The smallest absolute Gasteiger partial charge is 0.197 e. The van der Waals surface area contributed by atoms with Crippen LogP contribution in [-0.4, -0.2) is 14.5 Å². The van der Waals surface area contributed by atoms with E-state index in [0.29, 0.717) is 17.2 Å². The molecule has 0 saturated carbocycles. The highest BCUT2D eigenvalue weighted by molar-refractivity contribution is 6.25. The normalized spacial score (nSPS) is 12.1. The van der Waals surface area contributed by atoms with Gasteiger partial charge < -0.3 is 8.83 Å². The summed E-state index contributed by atoms with van der Waals surface area (Å²) < 4.78 is 15.0. The number of aromatic nitrogens is 3. The molecule has 4 heterocycles. The summed E-state index contributed by atoms with van der Waals surface area (Å²) in [6.45, 7) is 0. The van der Waals surface area contributed by atoms with Crippen molar-refractivity contribution in [1.29, 1.82) is 0 Å². The van der Waals surface area contributed by atoms with E-state index in [1.807, 2.05) is 60.7 Å². The second-order valence-corrected chi connectivity index (χ2v) is 9.80. The molecule has 5 nitrogen and oxygen atoms in total. The van der Waals surface area contributed by atoms with Crippen molar-refractivity contribution in [2.24, 2.45) is 0 Å². The molecule has 4 aromatic heterocycles. The van der Waals surface area contributed by atoms with Crippen molar-refractivity contribution >= 4 is 65.8 Å². The maximum Gasteiger partial charge on any atom is 0.197 e. The quantitative estimate of drug-likeness (QED) is 0.237. The van der Waals surface area contributed by atoms with E-state index in [1.54, 1.807) is 0 Å². The number of hydrogen-bond acceptors (Lipinski definition) is 4. The average molecular weight is 502 g/mol.